The van der Waals surface area contributed by atoms with Crippen molar-refractivity contribution in [1.29, 1.82) is 0 Å². The van der Waals surface area contributed by atoms with Crippen LogP contribution in [0.25, 0.3) is 17.1 Å². The average molecular weight is 766 g/mol. The number of fused-ring (bicyclic) bond motifs is 2. The van der Waals surface area contributed by atoms with Crippen LogP contribution in [-0.2, 0) is 33.3 Å². The molecular formula is C31H35Cl4N4O6S2-. The molecule has 0 unspecified atom stereocenters. The van der Waals surface area contributed by atoms with E-state index in [1.54, 1.807) is 24.3 Å². The van der Waals surface area contributed by atoms with E-state index in [9.17, 15) is 25.9 Å². The van der Waals surface area contributed by atoms with Crippen molar-refractivity contribution in [3.63, 3.8) is 0 Å². The summed E-state index contributed by atoms with van der Waals surface area (Å²) < 4.78 is 70.9. The third-order valence-corrected chi connectivity index (χ3v) is 10.7. The lowest BCUT2D eigenvalue weighted by molar-refractivity contribution is -0.674. The molecule has 2 heterocycles. The highest BCUT2D eigenvalue weighted by Gasteiger charge is 2.31. The molecule has 0 saturated carbocycles. The maximum atomic E-state index is 11.1. The standard InChI is InChI=1S/C31H36Cl4N4O6S2/c1-3-36-26-18-22(32)24(34)20-28(26)38(14-8-10-16-46(40,41)42)30(36)12-6-5-7-13-31-37(4-2)27-19-23(33)25(35)21-29(27)39(31)15-9-11-17-47(43,44)45/h5-7,12-13,18-21H,3-4,8-11,14-17H2,1-2H3,(H-,40,41,42,43,44,45)/p-1. The van der Waals surface area contributed by atoms with Gasteiger partial charge in [-0.05, 0) is 57.7 Å². The van der Waals surface area contributed by atoms with Crippen LogP contribution in [0.3, 0.4) is 0 Å². The molecular weight excluding hydrogens is 730 g/mol. The SMILES string of the molecule is CCN1/C(=C/C=C/C=C/c2n(CC)c3cc(Cl)c(Cl)cc3[n+]2CCCCS(=O)(=O)[O-])N(CCCCS(=O)(=O)[O-])c2cc(Cl)c(Cl)cc21. The molecule has 0 amide bonds. The zero-order valence-electron chi connectivity index (χ0n) is 25.8. The summed E-state index contributed by atoms with van der Waals surface area (Å²) in [5, 5.41) is 1.62. The van der Waals surface area contributed by atoms with E-state index in [0.29, 0.717) is 59.1 Å². The smallest absolute Gasteiger partial charge is 0.282 e. The summed E-state index contributed by atoms with van der Waals surface area (Å²) in [5.74, 6) is 0.818. The Hall–Kier alpha value is -2.29. The van der Waals surface area contributed by atoms with Crippen molar-refractivity contribution in [1.82, 2.24) is 4.57 Å². The zero-order valence-corrected chi connectivity index (χ0v) is 30.5. The van der Waals surface area contributed by atoms with Crippen LogP contribution in [0, 0.1) is 0 Å². The van der Waals surface area contributed by atoms with Gasteiger partial charge in [-0.1, -0.05) is 64.6 Å². The molecule has 3 aromatic rings. The summed E-state index contributed by atoms with van der Waals surface area (Å²) in [6.45, 7) is 6.18. The molecule has 256 valence electrons. The molecule has 1 aliphatic heterocycles. The molecule has 0 radical (unpaired) electrons. The molecule has 16 heteroatoms. The Kier molecular flexibility index (Phi) is 12.7. The first-order valence-corrected chi connectivity index (χ1v) is 19.7. The van der Waals surface area contributed by atoms with Crippen molar-refractivity contribution >= 4 is 95.1 Å². The Labute approximate surface area is 296 Å². The van der Waals surface area contributed by atoms with E-state index in [2.05, 4.69) is 9.47 Å². The van der Waals surface area contributed by atoms with E-state index in [0.717, 1.165) is 34.1 Å². The van der Waals surface area contributed by atoms with Crippen LogP contribution in [0.2, 0.25) is 20.1 Å². The summed E-state index contributed by atoms with van der Waals surface area (Å²) in [6, 6.07) is 7.17. The van der Waals surface area contributed by atoms with Crippen molar-refractivity contribution in [2.75, 3.05) is 34.4 Å². The van der Waals surface area contributed by atoms with Crippen LogP contribution in [0.15, 0.2) is 54.4 Å². The number of halogens is 4. The Morgan fingerprint density at radius 3 is 1.89 bits per heavy atom. The molecule has 0 bridgehead atoms. The number of benzene rings is 2. The van der Waals surface area contributed by atoms with Gasteiger partial charge in [-0.2, -0.15) is 0 Å². The van der Waals surface area contributed by atoms with Gasteiger partial charge in [0.2, 0.25) is 0 Å². The van der Waals surface area contributed by atoms with E-state index in [1.165, 1.54) is 0 Å². The lowest BCUT2D eigenvalue weighted by atomic mass is 10.2. The van der Waals surface area contributed by atoms with E-state index < -0.39 is 31.7 Å². The summed E-state index contributed by atoms with van der Waals surface area (Å²) in [6.07, 6.45) is 10.9. The number of allylic oxidation sites excluding steroid dienone is 4. The minimum atomic E-state index is -4.30. The fraction of sp³-hybridized carbons (Fsp3) is 0.387. The van der Waals surface area contributed by atoms with Gasteiger partial charge in [-0.3, -0.25) is 0 Å². The number of rotatable bonds is 15. The van der Waals surface area contributed by atoms with Crippen LogP contribution in [0.1, 0.15) is 45.4 Å². The molecule has 0 N–H and O–H groups in total. The lowest BCUT2D eigenvalue weighted by Crippen LogP contribution is -2.36. The van der Waals surface area contributed by atoms with E-state index in [-0.39, 0.29) is 12.8 Å². The summed E-state index contributed by atoms with van der Waals surface area (Å²) in [5.41, 5.74) is 3.39. The largest absolute Gasteiger partial charge is 0.748 e. The summed E-state index contributed by atoms with van der Waals surface area (Å²) >= 11 is 25.4. The number of aromatic nitrogens is 2. The highest BCUT2D eigenvalue weighted by atomic mass is 35.5. The minimum absolute atomic E-state index is 0.228. The normalized spacial score (nSPS) is 14.9. The van der Waals surface area contributed by atoms with Gasteiger partial charge in [0.1, 0.15) is 5.82 Å². The summed E-state index contributed by atoms with van der Waals surface area (Å²) in [7, 11) is -8.61. The van der Waals surface area contributed by atoms with Gasteiger partial charge >= 0.3 is 0 Å². The molecule has 0 spiro atoms. The van der Waals surface area contributed by atoms with E-state index >= 15 is 0 Å². The Morgan fingerprint density at radius 1 is 0.723 bits per heavy atom. The molecule has 1 aliphatic rings. The Bertz CT molecular complexity index is 1940. The number of imidazole rings is 1. The van der Waals surface area contributed by atoms with Crippen molar-refractivity contribution in [2.24, 2.45) is 0 Å². The molecule has 4 rings (SSSR count). The topological polar surface area (TPSA) is 130 Å². The predicted octanol–water partition coefficient (Wildman–Crippen LogP) is 6.97. The molecule has 0 aliphatic carbocycles. The second-order valence-corrected chi connectivity index (χ2v) is 15.5. The lowest BCUT2D eigenvalue weighted by Gasteiger charge is -2.24. The van der Waals surface area contributed by atoms with Crippen LogP contribution in [0.4, 0.5) is 11.4 Å². The highest BCUT2D eigenvalue weighted by Crippen LogP contribution is 2.45. The van der Waals surface area contributed by atoms with Crippen LogP contribution in [-0.4, -0.2) is 55.1 Å². The van der Waals surface area contributed by atoms with Crippen LogP contribution < -0.4 is 14.4 Å². The first-order valence-electron chi connectivity index (χ1n) is 15.0. The fourth-order valence-electron chi connectivity index (χ4n) is 5.64. The highest BCUT2D eigenvalue weighted by molar-refractivity contribution is 7.85. The van der Waals surface area contributed by atoms with Gasteiger partial charge in [-0.15, -0.1) is 0 Å². The molecule has 1 aromatic heterocycles. The van der Waals surface area contributed by atoms with Crippen LogP contribution in [0.5, 0.6) is 0 Å². The summed E-state index contributed by atoms with van der Waals surface area (Å²) in [4.78, 5) is 4.11. The van der Waals surface area contributed by atoms with Crippen molar-refractivity contribution < 1.29 is 30.5 Å². The zero-order chi connectivity index (χ0) is 34.5. The van der Waals surface area contributed by atoms with Gasteiger partial charge in [0.25, 0.3) is 5.82 Å². The monoisotopic (exact) mass is 763 g/mol. The molecule has 0 fully saturated rings. The predicted molar refractivity (Wildman–Crippen MR) is 189 cm³/mol. The fourth-order valence-corrected chi connectivity index (χ4v) is 7.39. The first kappa shape index (κ1) is 37.5. The number of hydrogen-bond acceptors (Lipinski definition) is 8. The number of aryl methyl sites for hydroxylation is 2. The number of hydrogen-bond donors (Lipinski definition) is 0. The number of anilines is 2. The molecule has 47 heavy (non-hydrogen) atoms. The molecule has 2 aromatic carbocycles. The Morgan fingerprint density at radius 2 is 1.30 bits per heavy atom. The molecule has 0 atom stereocenters. The average Bonchev–Trinajstić information content (AvgIpc) is 3.42. The minimum Gasteiger partial charge on any atom is -0.748 e. The van der Waals surface area contributed by atoms with Crippen molar-refractivity contribution in [3.05, 3.63) is 80.3 Å². The third kappa shape index (κ3) is 9.45. The Balaban J connectivity index is 1.65. The van der Waals surface area contributed by atoms with Crippen molar-refractivity contribution in [3.8, 4) is 0 Å². The van der Waals surface area contributed by atoms with E-state index in [1.807, 2.05) is 53.7 Å². The third-order valence-electron chi connectivity index (χ3n) is 7.70. The van der Waals surface area contributed by atoms with Gasteiger partial charge in [-0.25, -0.2) is 26.0 Å². The molecule has 10 nitrogen and oxygen atoms in total. The maximum absolute atomic E-state index is 11.1. The molecule has 0 saturated heterocycles. The van der Waals surface area contributed by atoms with Gasteiger partial charge in [0.15, 0.2) is 11.0 Å². The van der Waals surface area contributed by atoms with Gasteiger partial charge in [0.05, 0.1) is 64.8 Å². The van der Waals surface area contributed by atoms with Gasteiger partial charge in [0, 0.05) is 42.8 Å². The van der Waals surface area contributed by atoms with Crippen molar-refractivity contribution in [2.45, 2.75) is 52.6 Å². The quantitative estimate of drug-likeness (QED) is 0.0703. The number of nitrogens with zero attached hydrogens (tertiary/aromatic N) is 4. The second-order valence-electron chi connectivity index (χ2n) is 10.9. The second kappa shape index (κ2) is 15.9. The number of unbranched alkanes of at least 4 members (excludes halogenated alkanes) is 2. The van der Waals surface area contributed by atoms with Gasteiger partial charge < -0.3 is 18.9 Å². The van der Waals surface area contributed by atoms with E-state index in [4.69, 9.17) is 46.4 Å². The first-order chi connectivity index (χ1) is 22.1. The van der Waals surface area contributed by atoms with Crippen LogP contribution >= 0.6 is 46.4 Å². The maximum Gasteiger partial charge on any atom is 0.282 e.